The van der Waals surface area contributed by atoms with Crippen LogP contribution in [0.4, 0.5) is 0 Å². The number of fused-ring (bicyclic) bond motifs is 1. The van der Waals surface area contributed by atoms with E-state index in [1.54, 1.807) is 15.9 Å². The van der Waals surface area contributed by atoms with Crippen LogP contribution in [0.25, 0.3) is 4.96 Å². The quantitative estimate of drug-likeness (QED) is 0.772. The molecule has 1 aliphatic rings. The largest absolute Gasteiger partial charge is 0.356 e. The highest BCUT2D eigenvalue weighted by Crippen LogP contribution is 2.14. The van der Waals surface area contributed by atoms with Crippen LogP contribution in [0.1, 0.15) is 31.0 Å². The average Bonchev–Trinajstić information content (AvgIpc) is 3.05. The summed E-state index contributed by atoms with van der Waals surface area (Å²) in [4.78, 5) is 31.7. The third kappa shape index (κ3) is 4.16. The van der Waals surface area contributed by atoms with Gasteiger partial charge in [0.1, 0.15) is 5.01 Å². The van der Waals surface area contributed by atoms with Gasteiger partial charge in [-0.25, -0.2) is 9.50 Å². The molecule has 1 saturated heterocycles. The molecule has 0 aliphatic carbocycles. The van der Waals surface area contributed by atoms with Crippen molar-refractivity contribution in [2.45, 2.75) is 45.7 Å². The Morgan fingerprint density at radius 2 is 2.32 bits per heavy atom. The Kier molecular flexibility index (Phi) is 5.33. The summed E-state index contributed by atoms with van der Waals surface area (Å²) in [6, 6.07) is -0.155. The van der Waals surface area contributed by atoms with Crippen LogP contribution >= 0.6 is 11.3 Å². The normalized spacial score (nSPS) is 18.7. The lowest BCUT2D eigenvalue weighted by molar-refractivity contribution is -0.134. The van der Waals surface area contributed by atoms with Gasteiger partial charge in [-0.2, -0.15) is 5.10 Å². The Morgan fingerprint density at radius 1 is 1.52 bits per heavy atom. The van der Waals surface area contributed by atoms with E-state index < -0.39 is 0 Å². The molecule has 2 N–H and O–H groups in total. The molecule has 9 heteroatoms. The number of carbonyl (C=O) groups excluding carboxylic acids is 2. The van der Waals surface area contributed by atoms with Crippen LogP contribution in [-0.4, -0.2) is 63.0 Å². The molecule has 1 fully saturated rings. The highest BCUT2D eigenvalue weighted by Gasteiger charge is 2.32. The molecule has 1 atom stereocenters. The molecule has 1 aliphatic heterocycles. The van der Waals surface area contributed by atoms with Crippen molar-refractivity contribution in [1.29, 1.82) is 0 Å². The van der Waals surface area contributed by atoms with Crippen molar-refractivity contribution in [3.8, 4) is 0 Å². The highest BCUT2D eigenvalue weighted by molar-refractivity contribution is 7.16. The number of imidazole rings is 1. The molecule has 2 aromatic heterocycles. The number of piperazine rings is 1. The van der Waals surface area contributed by atoms with Gasteiger partial charge in [0.05, 0.1) is 24.4 Å². The van der Waals surface area contributed by atoms with Crippen molar-refractivity contribution in [1.82, 2.24) is 30.1 Å². The number of carbonyl (C=O) groups is 2. The number of aromatic nitrogens is 3. The summed E-state index contributed by atoms with van der Waals surface area (Å²) in [7, 11) is 0. The summed E-state index contributed by atoms with van der Waals surface area (Å²) in [5, 5.41) is 11.0. The second kappa shape index (κ2) is 7.49. The van der Waals surface area contributed by atoms with E-state index in [0.29, 0.717) is 19.5 Å². The number of nitrogens with one attached hydrogen (secondary N) is 2. The summed E-state index contributed by atoms with van der Waals surface area (Å²) in [5.41, 5.74) is 0.901. The zero-order valence-corrected chi connectivity index (χ0v) is 15.6. The molecule has 3 rings (SSSR count). The van der Waals surface area contributed by atoms with Crippen molar-refractivity contribution in [3.63, 3.8) is 0 Å². The molecule has 25 heavy (non-hydrogen) atoms. The van der Waals surface area contributed by atoms with Crippen LogP contribution in [-0.2, 0) is 16.0 Å². The molecule has 0 saturated carbocycles. The van der Waals surface area contributed by atoms with Gasteiger partial charge in [-0.1, -0.05) is 11.3 Å². The van der Waals surface area contributed by atoms with Crippen molar-refractivity contribution in [2.24, 2.45) is 0 Å². The lowest BCUT2D eigenvalue weighted by Gasteiger charge is -2.37. The Bertz CT molecular complexity index is 736. The van der Waals surface area contributed by atoms with Gasteiger partial charge < -0.3 is 10.6 Å². The second-order valence-electron chi connectivity index (χ2n) is 6.52. The number of amides is 2. The zero-order chi connectivity index (χ0) is 18.0. The third-order valence-electron chi connectivity index (χ3n) is 4.31. The van der Waals surface area contributed by atoms with Crippen LogP contribution in [0.3, 0.4) is 0 Å². The second-order valence-corrected chi connectivity index (χ2v) is 7.68. The van der Waals surface area contributed by atoms with Crippen molar-refractivity contribution in [2.75, 3.05) is 19.6 Å². The van der Waals surface area contributed by atoms with Gasteiger partial charge >= 0.3 is 0 Å². The van der Waals surface area contributed by atoms with Gasteiger partial charge in [-0.05, 0) is 20.8 Å². The van der Waals surface area contributed by atoms with Crippen LogP contribution in [0, 0.1) is 6.92 Å². The van der Waals surface area contributed by atoms with Crippen LogP contribution in [0.2, 0.25) is 0 Å². The maximum atomic E-state index is 12.2. The molecule has 0 bridgehead atoms. The van der Waals surface area contributed by atoms with Crippen molar-refractivity contribution < 1.29 is 9.59 Å². The molecule has 8 nitrogen and oxygen atoms in total. The number of nitrogens with zero attached hydrogens (tertiary/aromatic N) is 4. The average molecular weight is 364 g/mol. The van der Waals surface area contributed by atoms with Crippen LogP contribution < -0.4 is 10.6 Å². The van der Waals surface area contributed by atoms with E-state index in [1.165, 1.54) is 0 Å². The lowest BCUT2D eigenvalue weighted by atomic mass is 10.1. The van der Waals surface area contributed by atoms with E-state index in [-0.39, 0.29) is 30.3 Å². The first-order valence-electron chi connectivity index (χ1n) is 8.56. The molecular formula is C16H24N6O2S. The Morgan fingerprint density at radius 3 is 3.04 bits per heavy atom. The van der Waals surface area contributed by atoms with E-state index in [9.17, 15) is 9.59 Å². The SMILES string of the molecule is Cc1nn2cc(CCNC(=O)C[C@@H]3C(=O)NCCN3C(C)C)nc2s1. The zero-order valence-electron chi connectivity index (χ0n) is 14.8. The minimum Gasteiger partial charge on any atom is -0.356 e. The third-order valence-corrected chi connectivity index (χ3v) is 5.15. The summed E-state index contributed by atoms with van der Waals surface area (Å²) in [6.45, 7) is 7.95. The monoisotopic (exact) mass is 364 g/mol. The molecule has 0 spiro atoms. The first-order valence-corrected chi connectivity index (χ1v) is 9.37. The highest BCUT2D eigenvalue weighted by atomic mass is 32.1. The van der Waals surface area contributed by atoms with E-state index in [4.69, 9.17) is 0 Å². The maximum absolute atomic E-state index is 12.2. The molecular weight excluding hydrogens is 340 g/mol. The standard InChI is InChI=1S/C16H24N6O2S/c1-10(2)21-7-6-18-15(24)13(21)8-14(23)17-5-4-12-9-22-16(19-12)25-11(3)20-22/h9-10,13H,4-8H2,1-3H3,(H,17,23)(H,18,24)/t13-/m1/s1. The summed E-state index contributed by atoms with van der Waals surface area (Å²) in [6.07, 6.45) is 2.72. The fourth-order valence-corrected chi connectivity index (χ4v) is 3.85. The molecule has 0 radical (unpaired) electrons. The molecule has 2 aromatic rings. The minimum atomic E-state index is -0.390. The first kappa shape index (κ1) is 17.8. The molecule has 0 aromatic carbocycles. The number of aryl methyl sites for hydroxylation is 1. The first-order chi connectivity index (χ1) is 11.9. The fraction of sp³-hybridized carbons (Fsp3) is 0.625. The minimum absolute atomic E-state index is 0.0640. The molecule has 0 unspecified atom stereocenters. The van der Waals surface area contributed by atoms with Gasteiger partial charge in [0.25, 0.3) is 0 Å². The Labute approximate surface area is 150 Å². The van der Waals surface area contributed by atoms with Crippen molar-refractivity contribution >= 4 is 28.1 Å². The van der Waals surface area contributed by atoms with Crippen molar-refractivity contribution in [3.05, 3.63) is 16.9 Å². The Balaban J connectivity index is 1.49. The van der Waals surface area contributed by atoms with Gasteiger partial charge in [0.15, 0.2) is 0 Å². The van der Waals surface area contributed by atoms with Gasteiger partial charge in [0, 0.05) is 32.1 Å². The van der Waals surface area contributed by atoms with E-state index in [0.717, 1.165) is 22.2 Å². The van der Waals surface area contributed by atoms with E-state index >= 15 is 0 Å². The molecule has 2 amide bonds. The summed E-state index contributed by atoms with van der Waals surface area (Å²) in [5.74, 6) is -0.173. The number of hydrogen-bond acceptors (Lipinski definition) is 6. The van der Waals surface area contributed by atoms with Crippen LogP contribution in [0.15, 0.2) is 6.20 Å². The maximum Gasteiger partial charge on any atom is 0.237 e. The lowest BCUT2D eigenvalue weighted by Crippen LogP contribution is -2.58. The summed E-state index contributed by atoms with van der Waals surface area (Å²) >= 11 is 1.54. The number of hydrogen-bond donors (Lipinski definition) is 2. The van der Waals surface area contributed by atoms with Gasteiger partial charge in [0.2, 0.25) is 16.8 Å². The molecule has 3 heterocycles. The van der Waals surface area contributed by atoms with Crippen LogP contribution in [0.5, 0.6) is 0 Å². The summed E-state index contributed by atoms with van der Waals surface area (Å²) < 4.78 is 1.77. The van der Waals surface area contributed by atoms with E-state index in [2.05, 4.69) is 25.6 Å². The predicted molar refractivity (Wildman–Crippen MR) is 95.6 cm³/mol. The Hall–Kier alpha value is -2.00. The predicted octanol–water partition coefficient (Wildman–Crippen LogP) is 0.357. The van der Waals surface area contributed by atoms with Gasteiger partial charge in [-0.3, -0.25) is 14.5 Å². The fourth-order valence-electron chi connectivity index (χ4n) is 3.10. The smallest absolute Gasteiger partial charge is 0.237 e. The molecule has 136 valence electrons. The van der Waals surface area contributed by atoms with E-state index in [1.807, 2.05) is 27.0 Å². The topological polar surface area (TPSA) is 91.6 Å². The van der Waals surface area contributed by atoms with Gasteiger partial charge in [-0.15, -0.1) is 0 Å². The number of rotatable bonds is 6.